The standard InChI is InChI=1S/C20H20ClF2N3O/c1-2-25-13-18(7-8-27-25)26(12-15-3-5-16(22)9-20(15)23)17-6-4-14(11-24)19(21)10-17/h3-6,9-10,18H,2,7-8,12-13H2,1H3/t18-/m0/s1. The van der Waals surface area contributed by atoms with Crippen LogP contribution in [-0.4, -0.2) is 30.8 Å². The second kappa shape index (κ2) is 8.66. The maximum atomic E-state index is 14.3. The molecule has 1 saturated heterocycles. The number of nitrogens with zero attached hydrogens (tertiary/aromatic N) is 3. The number of likely N-dealkylation sites (N-methyl/N-ethyl adjacent to an activating group) is 1. The minimum Gasteiger partial charge on any atom is -0.363 e. The van der Waals surface area contributed by atoms with E-state index in [1.807, 2.05) is 23.0 Å². The molecule has 2 aromatic carbocycles. The fourth-order valence-electron chi connectivity index (χ4n) is 3.21. The molecule has 4 nitrogen and oxygen atoms in total. The van der Waals surface area contributed by atoms with Gasteiger partial charge in [0.25, 0.3) is 0 Å². The van der Waals surface area contributed by atoms with Crippen LogP contribution in [0.25, 0.3) is 0 Å². The minimum atomic E-state index is -0.604. The molecule has 0 spiro atoms. The summed E-state index contributed by atoms with van der Waals surface area (Å²) in [5.41, 5.74) is 1.56. The van der Waals surface area contributed by atoms with Gasteiger partial charge in [0.2, 0.25) is 0 Å². The maximum Gasteiger partial charge on any atom is 0.131 e. The van der Waals surface area contributed by atoms with E-state index in [1.165, 1.54) is 12.1 Å². The molecule has 1 aliphatic heterocycles. The SMILES string of the molecule is CCN1C[C@@H](N(Cc2ccc(F)cc2F)c2ccc(C#N)c(Cl)c2)CCO1. The Morgan fingerprint density at radius 1 is 1.30 bits per heavy atom. The largest absolute Gasteiger partial charge is 0.363 e. The van der Waals surface area contributed by atoms with Gasteiger partial charge in [-0.3, -0.25) is 4.84 Å². The Hall–Kier alpha value is -2.20. The molecule has 0 unspecified atom stereocenters. The number of benzene rings is 2. The lowest BCUT2D eigenvalue weighted by Crippen LogP contribution is -2.48. The molecular formula is C20H20ClF2N3O. The number of nitriles is 1. The van der Waals surface area contributed by atoms with Gasteiger partial charge in [-0.15, -0.1) is 0 Å². The van der Waals surface area contributed by atoms with Crippen molar-refractivity contribution in [3.05, 3.63) is 64.2 Å². The molecule has 1 aliphatic rings. The molecule has 1 fully saturated rings. The first-order valence-corrected chi connectivity index (χ1v) is 9.17. The van der Waals surface area contributed by atoms with Crippen molar-refractivity contribution in [1.29, 1.82) is 5.26 Å². The molecule has 1 atom stereocenters. The van der Waals surface area contributed by atoms with E-state index in [4.69, 9.17) is 21.7 Å². The van der Waals surface area contributed by atoms with Gasteiger partial charge in [0, 0.05) is 43.0 Å². The number of hydrogen-bond donors (Lipinski definition) is 0. The fourth-order valence-corrected chi connectivity index (χ4v) is 3.43. The summed E-state index contributed by atoms with van der Waals surface area (Å²) in [5, 5.41) is 11.3. The summed E-state index contributed by atoms with van der Waals surface area (Å²) in [4.78, 5) is 7.64. The van der Waals surface area contributed by atoms with Crippen molar-refractivity contribution in [2.75, 3.05) is 24.6 Å². The lowest BCUT2D eigenvalue weighted by molar-refractivity contribution is -0.182. The molecule has 0 amide bonds. The van der Waals surface area contributed by atoms with Crippen molar-refractivity contribution in [2.24, 2.45) is 0 Å². The van der Waals surface area contributed by atoms with Gasteiger partial charge in [-0.1, -0.05) is 24.6 Å². The monoisotopic (exact) mass is 391 g/mol. The Kier molecular flexibility index (Phi) is 6.27. The van der Waals surface area contributed by atoms with Crippen LogP contribution < -0.4 is 4.90 Å². The molecule has 0 saturated carbocycles. The molecular weight excluding hydrogens is 372 g/mol. The second-order valence-corrected chi connectivity index (χ2v) is 6.80. The van der Waals surface area contributed by atoms with E-state index >= 15 is 0 Å². The predicted molar refractivity (Wildman–Crippen MR) is 100 cm³/mol. The van der Waals surface area contributed by atoms with E-state index in [1.54, 1.807) is 18.2 Å². The first-order chi connectivity index (χ1) is 13.0. The molecule has 0 bridgehead atoms. The van der Waals surface area contributed by atoms with Crippen LogP contribution in [-0.2, 0) is 11.4 Å². The summed E-state index contributed by atoms with van der Waals surface area (Å²) in [6.45, 7) is 4.22. The maximum absolute atomic E-state index is 14.3. The molecule has 0 N–H and O–H groups in total. The van der Waals surface area contributed by atoms with Crippen molar-refractivity contribution in [2.45, 2.75) is 25.9 Å². The first-order valence-electron chi connectivity index (χ1n) is 8.80. The third-order valence-corrected chi connectivity index (χ3v) is 5.01. The first kappa shape index (κ1) is 19.6. The summed E-state index contributed by atoms with van der Waals surface area (Å²) in [7, 11) is 0. The summed E-state index contributed by atoms with van der Waals surface area (Å²) < 4.78 is 27.5. The molecule has 2 aromatic rings. The molecule has 27 heavy (non-hydrogen) atoms. The Bertz CT molecular complexity index is 856. The van der Waals surface area contributed by atoms with Crippen LogP contribution in [0, 0.1) is 23.0 Å². The summed E-state index contributed by atoms with van der Waals surface area (Å²) in [6, 6.07) is 10.9. The van der Waals surface area contributed by atoms with Crippen LogP contribution in [0.2, 0.25) is 5.02 Å². The Labute approximate surface area is 162 Å². The summed E-state index contributed by atoms with van der Waals surface area (Å²) in [6.07, 6.45) is 0.761. The van der Waals surface area contributed by atoms with Crippen LogP contribution in [0.5, 0.6) is 0 Å². The Morgan fingerprint density at radius 3 is 2.78 bits per heavy atom. The molecule has 3 rings (SSSR count). The molecule has 7 heteroatoms. The quantitative estimate of drug-likeness (QED) is 0.751. The molecule has 142 valence electrons. The van der Waals surface area contributed by atoms with Gasteiger partial charge in [0.15, 0.2) is 0 Å². The molecule has 1 heterocycles. The average Bonchev–Trinajstić information content (AvgIpc) is 2.67. The predicted octanol–water partition coefficient (Wildman–Crippen LogP) is 4.52. The third kappa shape index (κ3) is 4.56. The molecule has 0 aromatic heterocycles. The highest BCUT2D eigenvalue weighted by atomic mass is 35.5. The lowest BCUT2D eigenvalue weighted by Gasteiger charge is -2.40. The fraction of sp³-hybridized carbons (Fsp3) is 0.350. The number of rotatable bonds is 5. The van der Waals surface area contributed by atoms with E-state index in [0.29, 0.717) is 29.3 Å². The van der Waals surface area contributed by atoms with E-state index in [2.05, 4.69) is 0 Å². The van der Waals surface area contributed by atoms with Crippen molar-refractivity contribution in [1.82, 2.24) is 5.06 Å². The zero-order chi connectivity index (χ0) is 19.4. The van der Waals surface area contributed by atoms with Crippen molar-refractivity contribution < 1.29 is 13.6 Å². The molecule has 0 radical (unpaired) electrons. The van der Waals surface area contributed by atoms with Crippen LogP contribution in [0.15, 0.2) is 36.4 Å². The topological polar surface area (TPSA) is 39.5 Å². The van der Waals surface area contributed by atoms with Gasteiger partial charge in [-0.25, -0.2) is 8.78 Å². The highest BCUT2D eigenvalue weighted by molar-refractivity contribution is 6.32. The van der Waals surface area contributed by atoms with Crippen LogP contribution in [0.1, 0.15) is 24.5 Å². The van der Waals surface area contributed by atoms with Gasteiger partial charge >= 0.3 is 0 Å². The van der Waals surface area contributed by atoms with Crippen molar-refractivity contribution in [3.8, 4) is 6.07 Å². The van der Waals surface area contributed by atoms with Crippen LogP contribution in [0.4, 0.5) is 14.5 Å². The Morgan fingerprint density at radius 2 is 2.11 bits per heavy atom. The van der Waals surface area contributed by atoms with Gasteiger partial charge in [-0.2, -0.15) is 10.3 Å². The number of hydrogen-bond acceptors (Lipinski definition) is 4. The van der Waals surface area contributed by atoms with Crippen LogP contribution >= 0.6 is 11.6 Å². The summed E-state index contributed by atoms with van der Waals surface area (Å²) in [5.74, 6) is -1.19. The Balaban J connectivity index is 1.95. The van der Waals surface area contributed by atoms with Gasteiger partial charge in [0.05, 0.1) is 17.2 Å². The van der Waals surface area contributed by atoms with E-state index in [-0.39, 0.29) is 12.6 Å². The van der Waals surface area contributed by atoms with E-state index in [0.717, 1.165) is 24.7 Å². The number of anilines is 1. The van der Waals surface area contributed by atoms with E-state index < -0.39 is 11.6 Å². The zero-order valence-corrected chi connectivity index (χ0v) is 15.7. The lowest BCUT2D eigenvalue weighted by atomic mass is 10.1. The smallest absolute Gasteiger partial charge is 0.131 e. The summed E-state index contributed by atoms with van der Waals surface area (Å²) >= 11 is 6.22. The van der Waals surface area contributed by atoms with Crippen molar-refractivity contribution in [3.63, 3.8) is 0 Å². The number of halogens is 3. The normalized spacial score (nSPS) is 17.5. The van der Waals surface area contributed by atoms with Crippen LogP contribution in [0.3, 0.4) is 0 Å². The highest BCUT2D eigenvalue weighted by Crippen LogP contribution is 2.29. The second-order valence-electron chi connectivity index (χ2n) is 6.40. The highest BCUT2D eigenvalue weighted by Gasteiger charge is 2.27. The average molecular weight is 392 g/mol. The van der Waals surface area contributed by atoms with Gasteiger partial charge in [-0.05, 0) is 30.7 Å². The van der Waals surface area contributed by atoms with Gasteiger partial charge in [0.1, 0.15) is 17.7 Å². The van der Waals surface area contributed by atoms with Crippen molar-refractivity contribution >= 4 is 17.3 Å². The van der Waals surface area contributed by atoms with E-state index in [9.17, 15) is 8.78 Å². The minimum absolute atomic E-state index is 0.0622. The zero-order valence-electron chi connectivity index (χ0n) is 15.0. The third-order valence-electron chi connectivity index (χ3n) is 4.69. The number of hydroxylamine groups is 2. The van der Waals surface area contributed by atoms with Gasteiger partial charge < -0.3 is 4.90 Å². The molecule has 0 aliphatic carbocycles.